The summed E-state index contributed by atoms with van der Waals surface area (Å²) in [5.41, 5.74) is 5.11. The standard InChI is InChI=1S/C15H21N3/c1-5-18-10-14(9-17-18)15(16-4)13-7-11(2)6-12(3)8-13/h6-10,15-16H,5H2,1-4H3. The number of rotatable bonds is 4. The number of aromatic nitrogens is 2. The Hall–Kier alpha value is -1.61. The van der Waals surface area contributed by atoms with Crippen molar-refractivity contribution in [1.82, 2.24) is 15.1 Å². The Morgan fingerprint density at radius 2 is 1.83 bits per heavy atom. The molecule has 0 saturated carbocycles. The third-order valence-corrected chi connectivity index (χ3v) is 3.18. The highest BCUT2D eigenvalue weighted by Gasteiger charge is 2.14. The second-order valence-corrected chi connectivity index (χ2v) is 4.77. The first kappa shape index (κ1) is 12.8. The summed E-state index contributed by atoms with van der Waals surface area (Å²) in [6.07, 6.45) is 4.06. The number of nitrogens with zero attached hydrogens (tertiary/aromatic N) is 2. The van der Waals surface area contributed by atoms with Gasteiger partial charge in [0.2, 0.25) is 0 Å². The molecule has 3 nitrogen and oxygen atoms in total. The Bertz CT molecular complexity index is 508. The Kier molecular flexibility index (Phi) is 3.82. The van der Waals surface area contributed by atoms with Gasteiger partial charge in [-0.3, -0.25) is 4.68 Å². The van der Waals surface area contributed by atoms with Crippen LogP contribution in [-0.2, 0) is 6.54 Å². The molecule has 1 unspecified atom stereocenters. The average Bonchev–Trinajstić information content (AvgIpc) is 2.77. The maximum Gasteiger partial charge on any atom is 0.0605 e. The van der Waals surface area contributed by atoms with Crippen LogP contribution in [0.5, 0.6) is 0 Å². The van der Waals surface area contributed by atoms with Crippen LogP contribution in [0.15, 0.2) is 30.6 Å². The minimum Gasteiger partial charge on any atom is -0.309 e. The van der Waals surface area contributed by atoms with E-state index in [0.29, 0.717) is 0 Å². The van der Waals surface area contributed by atoms with Crippen LogP contribution in [-0.4, -0.2) is 16.8 Å². The van der Waals surface area contributed by atoms with Crippen molar-refractivity contribution >= 4 is 0 Å². The fourth-order valence-electron chi connectivity index (χ4n) is 2.40. The van der Waals surface area contributed by atoms with E-state index in [0.717, 1.165) is 6.54 Å². The van der Waals surface area contributed by atoms with Crippen LogP contribution in [0, 0.1) is 13.8 Å². The van der Waals surface area contributed by atoms with Gasteiger partial charge < -0.3 is 5.32 Å². The van der Waals surface area contributed by atoms with E-state index in [1.54, 1.807) is 0 Å². The number of benzene rings is 1. The number of aryl methyl sites for hydroxylation is 3. The van der Waals surface area contributed by atoms with Gasteiger partial charge in [0.25, 0.3) is 0 Å². The predicted octanol–water partition coefficient (Wildman–Crippen LogP) is 2.83. The molecule has 0 aliphatic carbocycles. The van der Waals surface area contributed by atoms with Gasteiger partial charge >= 0.3 is 0 Å². The predicted molar refractivity (Wildman–Crippen MR) is 74.7 cm³/mol. The molecule has 0 radical (unpaired) electrons. The van der Waals surface area contributed by atoms with Crippen LogP contribution in [0.3, 0.4) is 0 Å². The van der Waals surface area contributed by atoms with Crippen molar-refractivity contribution in [1.29, 1.82) is 0 Å². The van der Waals surface area contributed by atoms with E-state index >= 15 is 0 Å². The fourth-order valence-corrected chi connectivity index (χ4v) is 2.40. The summed E-state index contributed by atoms with van der Waals surface area (Å²) >= 11 is 0. The van der Waals surface area contributed by atoms with E-state index in [-0.39, 0.29) is 6.04 Å². The molecule has 96 valence electrons. The lowest BCUT2D eigenvalue weighted by molar-refractivity contribution is 0.653. The molecule has 1 atom stereocenters. The lowest BCUT2D eigenvalue weighted by Gasteiger charge is -2.16. The van der Waals surface area contributed by atoms with Gasteiger partial charge in [-0.25, -0.2) is 0 Å². The largest absolute Gasteiger partial charge is 0.309 e. The van der Waals surface area contributed by atoms with Gasteiger partial charge in [-0.05, 0) is 33.4 Å². The second-order valence-electron chi connectivity index (χ2n) is 4.77. The quantitative estimate of drug-likeness (QED) is 0.895. The van der Waals surface area contributed by atoms with E-state index < -0.39 is 0 Å². The van der Waals surface area contributed by atoms with Gasteiger partial charge in [-0.15, -0.1) is 0 Å². The van der Waals surface area contributed by atoms with Crippen molar-refractivity contribution in [2.75, 3.05) is 7.05 Å². The molecule has 1 N–H and O–H groups in total. The fraction of sp³-hybridized carbons (Fsp3) is 0.400. The third-order valence-electron chi connectivity index (χ3n) is 3.18. The van der Waals surface area contributed by atoms with Gasteiger partial charge in [0.05, 0.1) is 12.2 Å². The first-order chi connectivity index (χ1) is 8.63. The van der Waals surface area contributed by atoms with Gasteiger partial charge in [-0.2, -0.15) is 5.10 Å². The molecule has 2 aromatic rings. The number of hydrogen-bond acceptors (Lipinski definition) is 2. The van der Waals surface area contributed by atoms with Gasteiger partial charge in [0.1, 0.15) is 0 Å². The smallest absolute Gasteiger partial charge is 0.0605 e. The van der Waals surface area contributed by atoms with Gasteiger partial charge in [0.15, 0.2) is 0 Å². The minimum absolute atomic E-state index is 0.212. The molecule has 0 spiro atoms. The summed E-state index contributed by atoms with van der Waals surface area (Å²) in [5, 5.41) is 7.72. The molecule has 0 aliphatic heterocycles. The monoisotopic (exact) mass is 243 g/mol. The zero-order valence-corrected chi connectivity index (χ0v) is 11.6. The molecule has 18 heavy (non-hydrogen) atoms. The van der Waals surface area contributed by atoms with Crippen LogP contribution in [0.25, 0.3) is 0 Å². The van der Waals surface area contributed by atoms with Crippen LogP contribution >= 0.6 is 0 Å². The van der Waals surface area contributed by atoms with Crippen molar-refractivity contribution < 1.29 is 0 Å². The molecule has 1 aromatic heterocycles. The van der Waals surface area contributed by atoms with E-state index in [2.05, 4.69) is 55.6 Å². The number of hydrogen-bond donors (Lipinski definition) is 1. The van der Waals surface area contributed by atoms with E-state index in [1.807, 2.05) is 17.9 Å². The molecule has 1 aromatic carbocycles. The molecule has 0 bridgehead atoms. The summed E-state index contributed by atoms with van der Waals surface area (Å²) in [7, 11) is 1.99. The molecular formula is C15H21N3. The molecule has 3 heteroatoms. The normalized spacial score (nSPS) is 12.7. The molecule has 1 heterocycles. The third kappa shape index (κ3) is 2.62. The van der Waals surface area contributed by atoms with E-state index in [4.69, 9.17) is 0 Å². The highest BCUT2D eigenvalue weighted by Crippen LogP contribution is 2.23. The SMILES string of the molecule is CCn1cc(C(NC)c2cc(C)cc(C)c2)cn1. The van der Waals surface area contributed by atoms with E-state index in [9.17, 15) is 0 Å². The lowest BCUT2D eigenvalue weighted by Crippen LogP contribution is -2.17. The maximum atomic E-state index is 4.35. The van der Waals surface area contributed by atoms with E-state index in [1.165, 1.54) is 22.3 Å². The summed E-state index contributed by atoms with van der Waals surface area (Å²) in [4.78, 5) is 0. The van der Waals surface area contributed by atoms with Crippen LogP contribution < -0.4 is 5.32 Å². The maximum absolute atomic E-state index is 4.35. The van der Waals surface area contributed by atoms with Gasteiger partial charge in [-0.1, -0.05) is 29.3 Å². The summed E-state index contributed by atoms with van der Waals surface area (Å²) in [5.74, 6) is 0. The molecule has 0 aliphatic rings. The molecule has 2 rings (SSSR count). The second kappa shape index (κ2) is 5.36. The van der Waals surface area contributed by atoms with Crippen LogP contribution in [0.4, 0.5) is 0 Å². The highest BCUT2D eigenvalue weighted by atomic mass is 15.3. The minimum atomic E-state index is 0.212. The van der Waals surface area contributed by atoms with Crippen molar-refractivity contribution in [3.05, 3.63) is 52.8 Å². The highest BCUT2D eigenvalue weighted by molar-refractivity contribution is 5.35. The van der Waals surface area contributed by atoms with Crippen molar-refractivity contribution in [3.8, 4) is 0 Å². The number of nitrogens with one attached hydrogen (secondary N) is 1. The zero-order valence-electron chi connectivity index (χ0n) is 11.6. The molecule has 0 fully saturated rings. The van der Waals surface area contributed by atoms with Crippen LogP contribution in [0.1, 0.15) is 35.2 Å². The Labute approximate surface area is 109 Å². The van der Waals surface area contributed by atoms with Crippen LogP contribution in [0.2, 0.25) is 0 Å². The summed E-state index contributed by atoms with van der Waals surface area (Å²) in [6, 6.07) is 6.88. The first-order valence-electron chi connectivity index (χ1n) is 6.42. The Morgan fingerprint density at radius 1 is 1.17 bits per heavy atom. The van der Waals surface area contributed by atoms with Gasteiger partial charge in [0, 0.05) is 18.3 Å². The summed E-state index contributed by atoms with van der Waals surface area (Å²) in [6.45, 7) is 7.28. The Balaban J connectivity index is 2.38. The zero-order chi connectivity index (χ0) is 13.1. The topological polar surface area (TPSA) is 29.9 Å². The lowest BCUT2D eigenvalue weighted by atomic mass is 9.98. The molecule has 0 amide bonds. The summed E-state index contributed by atoms with van der Waals surface area (Å²) < 4.78 is 1.96. The molecule has 0 saturated heterocycles. The Morgan fingerprint density at radius 3 is 2.33 bits per heavy atom. The van der Waals surface area contributed by atoms with Crippen molar-refractivity contribution in [3.63, 3.8) is 0 Å². The van der Waals surface area contributed by atoms with Crippen molar-refractivity contribution in [2.45, 2.75) is 33.4 Å². The average molecular weight is 243 g/mol. The first-order valence-corrected chi connectivity index (χ1v) is 6.42. The molecular weight excluding hydrogens is 222 g/mol. The van der Waals surface area contributed by atoms with Crippen molar-refractivity contribution in [2.24, 2.45) is 0 Å².